The van der Waals surface area contributed by atoms with Gasteiger partial charge in [-0.05, 0) is 38.5 Å². The molecule has 5 nitrogen and oxygen atoms in total. The van der Waals surface area contributed by atoms with E-state index in [1.165, 1.54) is 12.1 Å². The van der Waals surface area contributed by atoms with E-state index >= 15 is 0 Å². The second-order valence-corrected chi connectivity index (χ2v) is 8.01. The zero-order chi connectivity index (χ0) is 18.4. The van der Waals surface area contributed by atoms with E-state index < -0.39 is 10.0 Å². The summed E-state index contributed by atoms with van der Waals surface area (Å²) in [5, 5.41) is 0. The number of hydrogen-bond acceptors (Lipinski definition) is 3. The molecule has 0 atom stereocenters. The van der Waals surface area contributed by atoms with Crippen LogP contribution in [0.3, 0.4) is 0 Å². The van der Waals surface area contributed by atoms with Gasteiger partial charge in [-0.2, -0.15) is 0 Å². The summed E-state index contributed by atoms with van der Waals surface area (Å²) in [4.78, 5) is 14.3. The Morgan fingerprint density at radius 2 is 1.64 bits per heavy atom. The molecule has 0 unspecified atom stereocenters. The molecule has 1 N–H and O–H groups in total. The van der Waals surface area contributed by atoms with Crippen LogP contribution in [0.25, 0.3) is 0 Å². The monoisotopic (exact) mass is 360 g/mol. The summed E-state index contributed by atoms with van der Waals surface area (Å²) in [5.74, 6) is -0.255. The molecule has 0 aromatic heterocycles. The Bertz CT molecular complexity index is 800. The molecule has 2 rings (SSSR count). The Labute approximate surface area is 149 Å². The van der Waals surface area contributed by atoms with Gasteiger partial charge in [-0.1, -0.05) is 48.0 Å². The van der Waals surface area contributed by atoms with Crippen molar-refractivity contribution in [1.29, 1.82) is 0 Å². The van der Waals surface area contributed by atoms with Crippen molar-refractivity contribution >= 4 is 15.9 Å². The van der Waals surface area contributed by atoms with Crippen molar-refractivity contribution < 1.29 is 13.2 Å². The average Bonchev–Trinajstić information content (AvgIpc) is 2.59. The standard InChI is InChI=1S/C19H24N2O3S/c1-15(2)21(14-17-7-5-4-6-8-17)19(22)13-20-25(23,24)18-11-9-16(3)10-12-18/h4-12,15,20H,13-14H2,1-3H3. The van der Waals surface area contributed by atoms with Crippen LogP contribution < -0.4 is 4.72 Å². The molecule has 2 aromatic rings. The minimum atomic E-state index is -3.70. The molecule has 0 aliphatic rings. The molecule has 2 aromatic carbocycles. The van der Waals surface area contributed by atoms with Gasteiger partial charge in [0, 0.05) is 12.6 Å². The number of nitrogens with zero attached hydrogens (tertiary/aromatic N) is 1. The van der Waals surface area contributed by atoms with Crippen molar-refractivity contribution in [2.75, 3.05) is 6.54 Å². The maximum Gasteiger partial charge on any atom is 0.241 e. The number of nitrogens with one attached hydrogen (secondary N) is 1. The van der Waals surface area contributed by atoms with Crippen LogP contribution >= 0.6 is 0 Å². The van der Waals surface area contributed by atoms with Gasteiger partial charge < -0.3 is 4.90 Å². The molecule has 0 aliphatic carbocycles. The SMILES string of the molecule is Cc1ccc(S(=O)(=O)NCC(=O)N(Cc2ccccc2)C(C)C)cc1. The molecule has 0 heterocycles. The highest BCUT2D eigenvalue weighted by molar-refractivity contribution is 7.89. The highest BCUT2D eigenvalue weighted by atomic mass is 32.2. The zero-order valence-electron chi connectivity index (χ0n) is 14.8. The van der Waals surface area contributed by atoms with E-state index in [0.717, 1.165) is 11.1 Å². The second kappa shape index (κ2) is 8.27. The van der Waals surface area contributed by atoms with E-state index in [1.807, 2.05) is 51.1 Å². The first-order valence-electron chi connectivity index (χ1n) is 8.19. The molecular formula is C19H24N2O3S. The lowest BCUT2D eigenvalue weighted by atomic mass is 10.2. The summed E-state index contributed by atoms with van der Waals surface area (Å²) in [6, 6.07) is 16.1. The van der Waals surface area contributed by atoms with Gasteiger partial charge in [0.25, 0.3) is 0 Å². The third-order valence-electron chi connectivity index (χ3n) is 3.88. The lowest BCUT2D eigenvalue weighted by molar-refractivity contribution is -0.132. The number of amides is 1. The molecule has 0 saturated heterocycles. The van der Waals surface area contributed by atoms with Crippen molar-refractivity contribution in [3.8, 4) is 0 Å². The molecule has 0 radical (unpaired) electrons. The van der Waals surface area contributed by atoms with Crippen LogP contribution in [0.15, 0.2) is 59.5 Å². The van der Waals surface area contributed by atoms with Gasteiger partial charge in [0.1, 0.15) is 0 Å². The van der Waals surface area contributed by atoms with Crippen molar-refractivity contribution in [1.82, 2.24) is 9.62 Å². The molecule has 0 spiro atoms. The average molecular weight is 360 g/mol. The van der Waals surface area contributed by atoms with Crippen LogP contribution in [0.5, 0.6) is 0 Å². The number of rotatable bonds is 7. The molecule has 25 heavy (non-hydrogen) atoms. The lowest BCUT2D eigenvalue weighted by Crippen LogP contribution is -2.43. The molecule has 0 aliphatic heterocycles. The van der Waals surface area contributed by atoms with Crippen molar-refractivity contribution in [3.05, 3.63) is 65.7 Å². The van der Waals surface area contributed by atoms with Crippen molar-refractivity contribution in [2.24, 2.45) is 0 Å². The van der Waals surface area contributed by atoms with Gasteiger partial charge in [0.15, 0.2) is 0 Å². The summed E-state index contributed by atoms with van der Waals surface area (Å²) in [6.45, 7) is 5.90. The third kappa shape index (κ3) is 5.41. The highest BCUT2D eigenvalue weighted by Gasteiger charge is 2.21. The van der Waals surface area contributed by atoms with Gasteiger partial charge in [-0.15, -0.1) is 0 Å². The topological polar surface area (TPSA) is 66.5 Å². The number of benzene rings is 2. The van der Waals surface area contributed by atoms with E-state index in [4.69, 9.17) is 0 Å². The number of carbonyl (C=O) groups excluding carboxylic acids is 1. The minimum absolute atomic E-state index is 0.0309. The predicted octanol–water partition coefficient (Wildman–Crippen LogP) is 2.71. The Morgan fingerprint density at radius 1 is 1.04 bits per heavy atom. The fourth-order valence-electron chi connectivity index (χ4n) is 2.40. The van der Waals surface area contributed by atoms with E-state index in [9.17, 15) is 13.2 Å². The number of sulfonamides is 1. The Morgan fingerprint density at radius 3 is 2.20 bits per heavy atom. The van der Waals surface area contributed by atoms with E-state index in [2.05, 4.69) is 4.72 Å². The fourth-order valence-corrected chi connectivity index (χ4v) is 3.37. The molecule has 1 amide bonds. The van der Waals surface area contributed by atoms with Crippen LogP contribution in [0.4, 0.5) is 0 Å². The Balaban J connectivity index is 2.04. The normalized spacial score (nSPS) is 11.5. The summed E-state index contributed by atoms with van der Waals surface area (Å²) in [6.07, 6.45) is 0. The first-order valence-corrected chi connectivity index (χ1v) is 9.67. The van der Waals surface area contributed by atoms with Gasteiger partial charge in [-0.3, -0.25) is 4.79 Å². The lowest BCUT2D eigenvalue weighted by Gasteiger charge is -2.27. The number of aryl methyl sites for hydroxylation is 1. The van der Waals surface area contributed by atoms with Crippen LogP contribution in [-0.2, 0) is 21.4 Å². The molecule has 6 heteroatoms. The maximum absolute atomic E-state index is 12.5. The van der Waals surface area contributed by atoms with Crippen molar-refractivity contribution in [2.45, 2.75) is 38.3 Å². The number of hydrogen-bond donors (Lipinski definition) is 1. The highest BCUT2D eigenvalue weighted by Crippen LogP contribution is 2.11. The molecule has 0 bridgehead atoms. The number of carbonyl (C=O) groups is 1. The summed E-state index contributed by atoms with van der Waals surface area (Å²) >= 11 is 0. The van der Waals surface area contributed by atoms with E-state index in [-0.39, 0.29) is 23.4 Å². The summed E-state index contributed by atoms with van der Waals surface area (Å²) < 4.78 is 27.0. The van der Waals surface area contributed by atoms with Gasteiger partial charge in [0.2, 0.25) is 15.9 Å². The van der Waals surface area contributed by atoms with Gasteiger partial charge in [-0.25, -0.2) is 13.1 Å². The minimum Gasteiger partial charge on any atom is -0.335 e. The van der Waals surface area contributed by atoms with Crippen LogP contribution in [0.2, 0.25) is 0 Å². The molecule has 0 saturated carbocycles. The Kier molecular flexibility index (Phi) is 6.33. The summed E-state index contributed by atoms with van der Waals surface area (Å²) in [5.41, 5.74) is 1.98. The maximum atomic E-state index is 12.5. The van der Waals surface area contributed by atoms with Crippen LogP contribution in [0, 0.1) is 6.92 Å². The predicted molar refractivity (Wildman–Crippen MR) is 98.5 cm³/mol. The Hall–Kier alpha value is -2.18. The first-order chi connectivity index (χ1) is 11.8. The van der Waals surface area contributed by atoms with Crippen molar-refractivity contribution in [3.63, 3.8) is 0 Å². The first kappa shape index (κ1) is 19.1. The third-order valence-corrected chi connectivity index (χ3v) is 5.30. The van der Waals surface area contributed by atoms with Gasteiger partial charge in [0.05, 0.1) is 11.4 Å². The molecular weight excluding hydrogens is 336 g/mol. The quantitative estimate of drug-likeness (QED) is 0.825. The zero-order valence-corrected chi connectivity index (χ0v) is 15.6. The smallest absolute Gasteiger partial charge is 0.241 e. The molecule has 134 valence electrons. The van der Waals surface area contributed by atoms with E-state index in [0.29, 0.717) is 6.54 Å². The second-order valence-electron chi connectivity index (χ2n) is 6.24. The fraction of sp³-hybridized carbons (Fsp3) is 0.316. The van der Waals surface area contributed by atoms with Crippen LogP contribution in [0.1, 0.15) is 25.0 Å². The summed E-state index contributed by atoms with van der Waals surface area (Å²) in [7, 11) is -3.70. The largest absolute Gasteiger partial charge is 0.335 e. The van der Waals surface area contributed by atoms with Gasteiger partial charge >= 0.3 is 0 Å². The van der Waals surface area contributed by atoms with Crippen LogP contribution in [-0.4, -0.2) is 31.8 Å². The van der Waals surface area contributed by atoms with E-state index in [1.54, 1.807) is 17.0 Å². The molecule has 0 fully saturated rings.